The lowest BCUT2D eigenvalue weighted by atomic mass is 9.71. The van der Waals surface area contributed by atoms with Crippen molar-refractivity contribution >= 4 is 11.8 Å². The first-order chi connectivity index (χ1) is 16.2. The van der Waals surface area contributed by atoms with Gasteiger partial charge in [-0.3, -0.25) is 9.59 Å². The topological polar surface area (TPSA) is 61.9 Å². The number of rotatable bonds is 6. The van der Waals surface area contributed by atoms with Gasteiger partial charge in [0.05, 0.1) is 18.1 Å². The largest absolute Gasteiger partial charge is 0.383 e. The minimum Gasteiger partial charge on any atom is -0.383 e. The van der Waals surface area contributed by atoms with Gasteiger partial charge in [0.25, 0.3) is 5.91 Å². The third-order valence-corrected chi connectivity index (χ3v) is 8.84. The van der Waals surface area contributed by atoms with Gasteiger partial charge < -0.3 is 19.9 Å². The predicted octanol–water partition coefficient (Wildman–Crippen LogP) is 3.57. The molecule has 1 N–H and O–H groups in total. The third-order valence-electron chi connectivity index (χ3n) is 8.84. The molecule has 6 heteroatoms. The van der Waals surface area contributed by atoms with E-state index in [2.05, 4.69) is 10.2 Å². The number of hydrogen-bond acceptors (Lipinski definition) is 4. The standard InChI is InChI=1S/C27H39N3O3/c1-33-18-17-30-26(32)22-11-3-2-10-21(22)24(27(30)13-5-6-14-27)25(31)28-19-20-9-8-16-29-15-7-4-12-23(20)29/h2-3,10-11,20,23-24H,4-9,12-19H2,1H3,(H,28,31)/t20-,23-,24+/m1/s1. The normalized spacial score (nSPS) is 29.1. The zero-order valence-electron chi connectivity index (χ0n) is 20.1. The van der Waals surface area contributed by atoms with E-state index >= 15 is 0 Å². The monoisotopic (exact) mass is 453 g/mol. The van der Waals surface area contributed by atoms with Crippen molar-refractivity contribution in [3.63, 3.8) is 0 Å². The molecule has 180 valence electrons. The van der Waals surface area contributed by atoms with Crippen molar-refractivity contribution in [2.75, 3.05) is 39.9 Å². The van der Waals surface area contributed by atoms with E-state index < -0.39 is 5.54 Å². The number of fused-ring (bicyclic) bond motifs is 2. The van der Waals surface area contributed by atoms with Gasteiger partial charge in [0.15, 0.2) is 0 Å². The fourth-order valence-corrected chi connectivity index (χ4v) is 7.32. The molecule has 3 aliphatic heterocycles. The summed E-state index contributed by atoms with van der Waals surface area (Å²) >= 11 is 0. The Hall–Kier alpha value is -1.92. The molecule has 33 heavy (non-hydrogen) atoms. The number of ether oxygens (including phenoxy) is 1. The van der Waals surface area contributed by atoms with Crippen LogP contribution in [0.2, 0.25) is 0 Å². The van der Waals surface area contributed by atoms with Gasteiger partial charge >= 0.3 is 0 Å². The Labute approximate surface area is 198 Å². The van der Waals surface area contributed by atoms with Crippen molar-refractivity contribution in [1.82, 2.24) is 15.1 Å². The van der Waals surface area contributed by atoms with E-state index in [1.54, 1.807) is 7.11 Å². The Kier molecular flexibility index (Phi) is 6.75. The number of methoxy groups -OCH3 is 1. The molecule has 1 aromatic carbocycles. The van der Waals surface area contributed by atoms with Gasteiger partial charge in [-0.25, -0.2) is 0 Å². The van der Waals surface area contributed by atoms with E-state index in [0.29, 0.717) is 30.7 Å². The van der Waals surface area contributed by atoms with Crippen molar-refractivity contribution in [2.24, 2.45) is 5.92 Å². The summed E-state index contributed by atoms with van der Waals surface area (Å²) in [5.74, 6) is 0.385. The number of nitrogens with zero attached hydrogens (tertiary/aromatic N) is 2. The summed E-state index contributed by atoms with van der Waals surface area (Å²) in [5, 5.41) is 3.40. The highest BCUT2D eigenvalue weighted by atomic mass is 16.5. The summed E-state index contributed by atoms with van der Waals surface area (Å²) < 4.78 is 5.36. The lowest BCUT2D eigenvalue weighted by Crippen LogP contribution is -2.61. The molecule has 3 heterocycles. The second-order valence-electron chi connectivity index (χ2n) is 10.5. The summed E-state index contributed by atoms with van der Waals surface area (Å²) in [5.41, 5.74) is 1.17. The second-order valence-corrected chi connectivity index (χ2v) is 10.5. The van der Waals surface area contributed by atoms with Gasteiger partial charge in [-0.2, -0.15) is 0 Å². The number of carbonyl (C=O) groups is 2. The van der Waals surface area contributed by atoms with Crippen LogP contribution in [0, 0.1) is 5.92 Å². The van der Waals surface area contributed by atoms with E-state index in [9.17, 15) is 9.59 Å². The molecular weight excluding hydrogens is 414 g/mol. The Morgan fingerprint density at radius 2 is 1.88 bits per heavy atom. The first kappa shape index (κ1) is 22.9. The second kappa shape index (κ2) is 9.75. The zero-order chi connectivity index (χ0) is 22.8. The van der Waals surface area contributed by atoms with Gasteiger partial charge in [-0.05, 0) is 69.2 Å². The van der Waals surface area contributed by atoms with Gasteiger partial charge in [-0.1, -0.05) is 37.5 Å². The molecule has 0 unspecified atom stereocenters. The highest BCUT2D eigenvalue weighted by Crippen LogP contribution is 2.50. The van der Waals surface area contributed by atoms with Gasteiger partial charge in [0, 0.05) is 31.8 Å². The SMILES string of the molecule is COCCN1C(=O)c2ccccc2[C@@H](C(=O)NC[C@H]2CCCN3CCCC[C@H]23)C12CCCC2. The van der Waals surface area contributed by atoms with Crippen molar-refractivity contribution in [1.29, 1.82) is 0 Å². The van der Waals surface area contributed by atoms with Crippen LogP contribution in [0.5, 0.6) is 0 Å². The summed E-state index contributed by atoms with van der Waals surface area (Å²) in [4.78, 5) is 32.1. The molecule has 5 rings (SSSR count). The molecule has 1 saturated carbocycles. The highest BCUT2D eigenvalue weighted by molar-refractivity contribution is 6.02. The summed E-state index contributed by atoms with van der Waals surface area (Å²) in [6.45, 7) is 4.20. The van der Waals surface area contributed by atoms with Crippen LogP contribution < -0.4 is 5.32 Å². The van der Waals surface area contributed by atoms with Crippen molar-refractivity contribution in [3.05, 3.63) is 35.4 Å². The fraction of sp³-hybridized carbons (Fsp3) is 0.704. The Morgan fingerprint density at radius 3 is 2.70 bits per heavy atom. The number of hydrogen-bond donors (Lipinski definition) is 1. The van der Waals surface area contributed by atoms with Crippen LogP contribution in [0.4, 0.5) is 0 Å². The number of piperidine rings is 2. The molecule has 3 fully saturated rings. The maximum Gasteiger partial charge on any atom is 0.254 e. The van der Waals surface area contributed by atoms with Gasteiger partial charge in [0.2, 0.25) is 5.91 Å². The fourth-order valence-electron chi connectivity index (χ4n) is 7.32. The maximum absolute atomic E-state index is 14.0. The van der Waals surface area contributed by atoms with Gasteiger partial charge in [-0.15, -0.1) is 0 Å². The first-order valence-corrected chi connectivity index (χ1v) is 13.1. The average molecular weight is 454 g/mol. The van der Waals surface area contributed by atoms with Crippen molar-refractivity contribution in [2.45, 2.75) is 75.3 Å². The highest BCUT2D eigenvalue weighted by Gasteiger charge is 2.55. The summed E-state index contributed by atoms with van der Waals surface area (Å²) in [7, 11) is 1.67. The molecule has 1 aromatic rings. The molecule has 1 spiro atoms. The Bertz CT molecular complexity index is 864. The molecule has 2 saturated heterocycles. The molecule has 3 atom stereocenters. The predicted molar refractivity (Wildman–Crippen MR) is 128 cm³/mol. The molecule has 0 bridgehead atoms. The average Bonchev–Trinajstić information content (AvgIpc) is 3.32. The minimum absolute atomic E-state index is 0.0544. The number of nitrogens with one attached hydrogen (secondary N) is 1. The molecule has 1 aliphatic carbocycles. The van der Waals surface area contributed by atoms with E-state index in [1.165, 1.54) is 45.2 Å². The molecule has 6 nitrogen and oxygen atoms in total. The van der Waals surface area contributed by atoms with E-state index in [-0.39, 0.29) is 17.7 Å². The van der Waals surface area contributed by atoms with Crippen LogP contribution in [0.25, 0.3) is 0 Å². The minimum atomic E-state index is -0.433. The number of amides is 2. The quantitative estimate of drug-likeness (QED) is 0.715. The van der Waals surface area contributed by atoms with Crippen LogP contribution in [-0.4, -0.2) is 73.1 Å². The van der Waals surface area contributed by atoms with E-state index in [4.69, 9.17) is 4.74 Å². The van der Waals surface area contributed by atoms with Crippen LogP contribution in [0.1, 0.15) is 79.6 Å². The maximum atomic E-state index is 14.0. The first-order valence-electron chi connectivity index (χ1n) is 13.1. The van der Waals surface area contributed by atoms with Crippen LogP contribution in [-0.2, 0) is 9.53 Å². The van der Waals surface area contributed by atoms with Crippen LogP contribution in [0.3, 0.4) is 0 Å². The lowest BCUT2D eigenvalue weighted by Gasteiger charge is -2.50. The smallest absolute Gasteiger partial charge is 0.254 e. The zero-order valence-corrected chi connectivity index (χ0v) is 20.1. The third kappa shape index (κ3) is 4.10. The van der Waals surface area contributed by atoms with Gasteiger partial charge in [0.1, 0.15) is 0 Å². The molecule has 2 amide bonds. The molecular formula is C27H39N3O3. The Balaban J connectivity index is 1.41. The van der Waals surface area contributed by atoms with Crippen molar-refractivity contribution < 1.29 is 14.3 Å². The van der Waals surface area contributed by atoms with E-state index in [0.717, 1.165) is 37.8 Å². The van der Waals surface area contributed by atoms with Crippen molar-refractivity contribution in [3.8, 4) is 0 Å². The lowest BCUT2D eigenvalue weighted by molar-refractivity contribution is -0.127. The number of carbonyl (C=O) groups excluding carboxylic acids is 2. The number of benzene rings is 1. The Morgan fingerprint density at radius 1 is 1.09 bits per heavy atom. The summed E-state index contributed by atoms with van der Waals surface area (Å²) in [6.07, 6.45) is 10.2. The molecule has 0 aromatic heterocycles. The van der Waals surface area contributed by atoms with E-state index in [1.807, 2.05) is 29.2 Å². The summed E-state index contributed by atoms with van der Waals surface area (Å²) in [6, 6.07) is 8.40. The van der Waals surface area contributed by atoms with Crippen LogP contribution in [0.15, 0.2) is 24.3 Å². The molecule has 0 radical (unpaired) electrons. The molecule has 4 aliphatic rings. The van der Waals surface area contributed by atoms with Crippen LogP contribution >= 0.6 is 0 Å².